The van der Waals surface area contributed by atoms with Crippen LogP contribution in [0.4, 0.5) is 0 Å². The first-order valence-electron chi connectivity index (χ1n) is 12.2. The maximum atomic E-state index is 10.3. The Balaban J connectivity index is 0.000000225. The van der Waals surface area contributed by atoms with E-state index in [1.807, 2.05) is 0 Å². The summed E-state index contributed by atoms with van der Waals surface area (Å²) >= 11 is 0. The molecule has 172 valence electrons. The lowest BCUT2D eigenvalue weighted by Crippen LogP contribution is -2.47. The van der Waals surface area contributed by atoms with E-state index in [1.54, 1.807) is 11.1 Å². The summed E-state index contributed by atoms with van der Waals surface area (Å²) < 4.78 is 4.75. The molecule has 4 aliphatic carbocycles. The highest BCUT2D eigenvalue weighted by Crippen LogP contribution is 2.58. The first kappa shape index (κ1) is 26.7. The number of carbonyl (C=O) groups excluding carboxylic acids is 1. The van der Waals surface area contributed by atoms with Crippen LogP contribution in [0.3, 0.4) is 0 Å². The molecule has 2 bridgehead atoms. The SMILES string of the molecule is C=C(C)C1CC=C(C)CC1.CC1=CCC2CC1C2(C)C.CCCCCCOC(C)=O. The molecule has 0 N–H and O–H groups in total. The van der Waals surface area contributed by atoms with E-state index in [9.17, 15) is 4.79 Å². The monoisotopic (exact) mass is 416 g/mol. The van der Waals surface area contributed by atoms with Gasteiger partial charge in [0, 0.05) is 6.92 Å². The summed E-state index contributed by atoms with van der Waals surface area (Å²) in [5, 5.41) is 0. The summed E-state index contributed by atoms with van der Waals surface area (Å²) in [4.78, 5) is 10.3. The quantitative estimate of drug-likeness (QED) is 0.247. The summed E-state index contributed by atoms with van der Waals surface area (Å²) in [6.07, 6.45) is 16.0. The summed E-state index contributed by atoms with van der Waals surface area (Å²) in [7, 11) is 0. The summed E-state index contributed by atoms with van der Waals surface area (Å²) in [5.41, 5.74) is 5.19. The number of unbranched alkanes of at least 4 members (excludes halogenated alkanes) is 3. The zero-order valence-electron chi connectivity index (χ0n) is 21.0. The van der Waals surface area contributed by atoms with Gasteiger partial charge >= 0.3 is 5.97 Å². The molecule has 0 aliphatic heterocycles. The lowest BCUT2D eigenvalue weighted by Gasteiger charge is -2.56. The van der Waals surface area contributed by atoms with Crippen LogP contribution in [0.5, 0.6) is 0 Å². The molecular weight excluding hydrogens is 368 g/mol. The van der Waals surface area contributed by atoms with Crippen LogP contribution < -0.4 is 0 Å². The fourth-order valence-corrected chi connectivity index (χ4v) is 4.82. The van der Waals surface area contributed by atoms with Gasteiger partial charge in [-0.25, -0.2) is 0 Å². The molecule has 0 spiro atoms. The molecule has 1 saturated carbocycles. The summed E-state index contributed by atoms with van der Waals surface area (Å²) in [5.74, 6) is 2.52. The Kier molecular flexibility index (Phi) is 11.7. The van der Waals surface area contributed by atoms with E-state index in [1.165, 1.54) is 63.9 Å². The zero-order chi connectivity index (χ0) is 22.7. The fourth-order valence-electron chi connectivity index (χ4n) is 4.82. The molecule has 0 radical (unpaired) electrons. The largest absolute Gasteiger partial charge is 0.466 e. The molecule has 4 rings (SSSR count). The molecule has 0 aromatic carbocycles. The van der Waals surface area contributed by atoms with E-state index in [0.29, 0.717) is 12.0 Å². The first-order valence-corrected chi connectivity index (χ1v) is 12.2. The minimum atomic E-state index is -0.170. The number of allylic oxidation sites excluding steroid dienone is 5. The average Bonchev–Trinajstić information content (AvgIpc) is 2.68. The van der Waals surface area contributed by atoms with Crippen LogP contribution in [0, 0.1) is 23.2 Å². The van der Waals surface area contributed by atoms with Crippen molar-refractivity contribution in [3.8, 4) is 0 Å². The second-order valence-electron chi connectivity index (χ2n) is 10.3. The van der Waals surface area contributed by atoms with E-state index in [-0.39, 0.29) is 5.97 Å². The molecule has 0 amide bonds. The van der Waals surface area contributed by atoms with E-state index >= 15 is 0 Å². The molecule has 2 nitrogen and oxygen atoms in total. The maximum Gasteiger partial charge on any atom is 0.302 e. The smallest absolute Gasteiger partial charge is 0.302 e. The van der Waals surface area contributed by atoms with Gasteiger partial charge in [0.05, 0.1) is 6.61 Å². The standard InChI is InChI=1S/2C10H16.C8H16O2/c1-7-4-5-8-6-9(7)10(8,2)3;1-8(2)10-6-4-9(3)5-7-10;1-3-4-5-6-7-10-8(2)9/h4,8-9H,5-6H2,1-3H3;4,10H,1,5-7H2,2-3H3;3-7H2,1-2H3. The van der Waals surface area contributed by atoms with Crippen molar-refractivity contribution in [2.75, 3.05) is 6.61 Å². The highest BCUT2D eigenvalue weighted by molar-refractivity contribution is 5.65. The van der Waals surface area contributed by atoms with Crippen LogP contribution in [-0.4, -0.2) is 12.6 Å². The van der Waals surface area contributed by atoms with Crippen molar-refractivity contribution in [1.82, 2.24) is 0 Å². The normalized spacial score (nSPS) is 25.8. The number of hydrogen-bond acceptors (Lipinski definition) is 2. The van der Waals surface area contributed by atoms with E-state index in [0.717, 1.165) is 24.2 Å². The van der Waals surface area contributed by atoms with E-state index in [2.05, 4.69) is 60.3 Å². The molecule has 2 heteroatoms. The van der Waals surface area contributed by atoms with Crippen LogP contribution in [0.2, 0.25) is 0 Å². The Labute approximate surface area is 187 Å². The predicted molar refractivity (Wildman–Crippen MR) is 130 cm³/mol. The Morgan fingerprint density at radius 2 is 1.83 bits per heavy atom. The lowest BCUT2D eigenvalue weighted by atomic mass is 9.49. The third kappa shape index (κ3) is 8.82. The molecule has 4 aliphatic rings. The molecule has 0 heterocycles. The molecule has 0 saturated heterocycles. The van der Waals surface area contributed by atoms with Gasteiger partial charge in [0.1, 0.15) is 0 Å². The highest BCUT2D eigenvalue weighted by Gasteiger charge is 2.49. The molecule has 1 fully saturated rings. The number of fused-ring (bicyclic) bond motifs is 1. The van der Waals surface area contributed by atoms with Crippen molar-refractivity contribution in [2.24, 2.45) is 23.2 Å². The van der Waals surface area contributed by atoms with Gasteiger partial charge in [0.25, 0.3) is 0 Å². The van der Waals surface area contributed by atoms with Crippen LogP contribution in [0.1, 0.15) is 106 Å². The Morgan fingerprint density at radius 1 is 1.13 bits per heavy atom. The Hall–Kier alpha value is -1.31. The van der Waals surface area contributed by atoms with Gasteiger partial charge < -0.3 is 4.74 Å². The van der Waals surface area contributed by atoms with Crippen LogP contribution in [0.15, 0.2) is 35.5 Å². The number of rotatable bonds is 6. The van der Waals surface area contributed by atoms with Gasteiger partial charge in [0.2, 0.25) is 0 Å². The van der Waals surface area contributed by atoms with Gasteiger partial charge in [-0.3, -0.25) is 4.79 Å². The molecule has 3 unspecified atom stereocenters. The molecule has 0 aromatic rings. The second-order valence-corrected chi connectivity index (χ2v) is 10.3. The maximum absolute atomic E-state index is 10.3. The third-order valence-electron chi connectivity index (χ3n) is 7.38. The van der Waals surface area contributed by atoms with Gasteiger partial charge in [-0.05, 0) is 82.5 Å². The van der Waals surface area contributed by atoms with Crippen molar-refractivity contribution in [2.45, 2.75) is 106 Å². The van der Waals surface area contributed by atoms with Crippen LogP contribution in [0.25, 0.3) is 0 Å². The van der Waals surface area contributed by atoms with Gasteiger partial charge in [0.15, 0.2) is 0 Å². The van der Waals surface area contributed by atoms with E-state index in [4.69, 9.17) is 4.74 Å². The minimum absolute atomic E-state index is 0.170. The summed E-state index contributed by atoms with van der Waals surface area (Å²) in [6, 6.07) is 0. The lowest BCUT2D eigenvalue weighted by molar-refractivity contribution is -0.141. The number of esters is 1. The van der Waals surface area contributed by atoms with Gasteiger partial charge in [-0.15, -0.1) is 0 Å². The van der Waals surface area contributed by atoms with E-state index < -0.39 is 0 Å². The Morgan fingerprint density at radius 3 is 2.23 bits per heavy atom. The topological polar surface area (TPSA) is 26.3 Å². The molecule has 0 aromatic heterocycles. The van der Waals surface area contributed by atoms with Crippen molar-refractivity contribution >= 4 is 5.97 Å². The molecule has 30 heavy (non-hydrogen) atoms. The summed E-state index contributed by atoms with van der Waals surface area (Å²) in [6.45, 7) is 19.7. The van der Waals surface area contributed by atoms with Crippen LogP contribution in [-0.2, 0) is 9.53 Å². The third-order valence-corrected chi connectivity index (χ3v) is 7.38. The molecule has 3 atom stereocenters. The van der Waals surface area contributed by atoms with Crippen molar-refractivity contribution in [3.63, 3.8) is 0 Å². The van der Waals surface area contributed by atoms with Crippen molar-refractivity contribution < 1.29 is 9.53 Å². The Bertz CT molecular complexity index is 608. The predicted octanol–water partition coefficient (Wildman–Crippen LogP) is 8.44. The number of carbonyl (C=O) groups is 1. The number of hydrogen-bond donors (Lipinski definition) is 0. The second kappa shape index (κ2) is 13.2. The zero-order valence-corrected chi connectivity index (χ0v) is 21.0. The highest BCUT2D eigenvalue weighted by atomic mass is 16.5. The minimum Gasteiger partial charge on any atom is -0.466 e. The van der Waals surface area contributed by atoms with Gasteiger partial charge in [-0.2, -0.15) is 0 Å². The molecular formula is C28H48O2. The first-order chi connectivity index (χ1) is 14.1. The average molecular weight is 417 g/mol. The van der Waals surface area contributed by atoms with Crippen molar-refractivity contribution in [3.05, 3.63) is 35.5 Å². The van der Waals surface area contributed by atoms with Gasteiger partial charge in [-0.1, -0.05) is 75.5 Å². The fraction of sp³-hybridized carbons (Fsp3) is 0.750. The number of ether oxygens (including phenoxy) is 1. The van der Waals surface area contributed by atoms with Crippen LogP contribution >= 0.6 is 0 Å². The van der Waals surface area contributed by atoms with Crippen molar-refractivity contribution in [1.29, 1.82) is 0 Å².